The van der Waals surface area contributed by atoms with Gasteiger partial charge in [-0.3, -0.25) is 4.79 Å². The third-order valence-electron chi connectivity index (χ3n) is 6.30. The number of aromatic nitrogens is 2. The van der Waals surface area contributed by atoms with E-state index in [9.17, 15) is 4.79 Å². The summed E-state index contributed by atoms with van der Waals surface area (Å²) in [5.41, 5.74) is 5.86. The zero-order chi connectivity index (χ0) is 20.3. The predicted octanol–water partition coefficient (Wildman–Crippen LogP) is 2.04. The van der Waals surface area contributed by atoms with Crippen LogP contribution in [0.4, 0.5) is 11.8 Å². The normalized spacial score (nSPS) is 27.1. The summed E-state index contributed by atoms with van der Waals surface area (Å²) < 4.78 is 17.0. The van der Waals surface area contributed by atoms with Gasteiger partial charge in [0.1, 0.15) is 5.82 Å². The Bertz CT molecular complexity index is 707. The first kappa shape index (κ1) is 20.3. The van der Waals surface area contributed by atoms with Gasteiger partial charge in [-0.05, 0) is 38.5 Å². The van der Waals surface area contributed by atoms with Crippen molar-refractivity contribution in [3.8, 4) is 0 Å². The number of nitrogens with zero attached hydrogens (tertiary/aromatic N) is 2. The monoisotopic (exact) mass is 405 g/mol. The molecule has 0 radical (unpaired) electrons. The lowest BCUT2D eigenvalue weighted by Crippen LogP contribution is -2.39. The fourth-order valence-electron chi connectivity index (χ4n) is 4.55. The topological polar surface area (TPSA) is 121 Å². The van der Waals surface area contributed by atoms with Crippen molar-refractivity contribution >= 4 is 17.7 Å². The minimum atomic E-state index is -0.533. The highest BCUT2D eigenvalue weighted by Gasteiger charge is 2.40. The van der Waals surface area contributed by atoms with Crippen LogP contribution in [0, 0.1) is 0 Å². The Morgan fingerprint density at radius 3 is 2.38 bits per heavy atom. The molecule has 1 aromatic heterocycles. The van der Waals surface area contributed by atoms with Crippen LogP contribution in [-0.4, -0.2) is 60.2 Å². The number of hydrogen-bond acceptors (Lipinski definition) is 8. The van der Waals surface area contributed by atoms with Crippen molar-refractivity contribution in [2.24, 2.45) is 5.73 Å². The molecule has 0 aromatic carbocycles. The van der Waals surface area contributed by atoms with Crippen molar-refractivity contribution in [2.75, 3.05) is 31.0 Å². The lowest BCUT2D eigenvalue weighted by molar-refractivity contribution is -0.177. The van der Waals surface area contributed by atoms with Gasteiger partial charge in [0.15, 0.2) is 5.79 Å². The highest BCUT2D eigenvalue weighted by molar-refractivity contribution is 5.97. The molecule has 9 heteroatoms. The molecule has 9 nitrogen and oxygen atoms in total. The molecule has 29 heavy (non-hydrogen) atoms. The number of primary amides is 1. The lowest BCUT2D eigenvalue weighted by Gasteiger charge is -2.36. The number of carbonyl (C=O) groups excluding carboxylic acids is 1. The number of nitrogens with one attached hydrogen (secondary N) is 2. The number of nitrogens with two attached hydrogens (primary N) is 1. The van der Waals surface area contributed by atoms with E-state index in [1.807, 2.05) is 0 Å². The van der Waals surface area contributed by atoms with E-state index >= 15 is 0 Å². The lowest BCUT2D eigenvalue weighted by atomic mass is 9.90. The largest absolute Gasteiger partial charge is 0.381 e. The van der Waals surface area contributed by atoms with Gasteiger partial charge in [0, 0.05) is 38.2 Å². The molecule has 2 aliphatic carbocycles. The first-order valence-electron chi connectivity index (χ1n) is 10.6. The second-order valence-electron chi connectivity index (χ2n) is 8.20. The molecule has 3 fully saturated rings. The van der Waals surface area contributed by atoms with Crippen LogP contribution < -0.4 is 16.4 Å². The van der Waals surface area contributed by atoms with E-state index in [1.54, 1.807) is 7.11 Å². The molecule has 0 bridgehead atoms. The number of amides is 1. The third kappa shape index (κ3) is 4.79. The van der Waals surface area contributed by atoms with Gasteiger partial charge in [0.2, 0.25) is 5.95 Å². The van der Waals surface area contributed by atoms with Gasteiger partial charge in [-0.2, -0.15) is 4.98 Å². The van der Waals surface area contributed by atoms with Crippen LogP contribution in [0.15, 0.2) is 6.20 Å². The summed E-state index contributed by atoms with van der Waals surface area (Å²) in [6, 6.07) is 0.492. The maximum Gasteiger partial charge on any atom is 0.254 e. The van der Waals surface area contributed by atoms with E-state index in [-0.39, 0.29) is 6.04 Å². The van der Waals surface area contributed by atoms with Crippen molar-refractivity contribution in [1.82, 2.24) is 9.97 Å². The third-order valence-corrected chi connectivity index (χ3v) is 6.30. The molecule has 1 aromatic rings. The quantitative estimate of drug-likeness (QED) is 0.658. The van der Waals surface area contributed by atoms with Crippen LogP contribution >= 0.6 is 0 Å². The van der Waals surface area contributed by atoms with E-state index in [2.05, 4.69) is 20.6 Å². The van der Waals surface area contributed by atoms with Crippen molar-refractivity contribution in [2.45, 2.75) is 75.3 Å². The van der Waals surface area contributed by atoms with Gasteiger partial charge >= 0.3 is 0 Å². The molecule has 160 valence electrons. The number of carbonyl (C=O) groups is 1. The van der Waals surface area contributed by atoms with E-state index in [0.29, 0.717) is 42.7 Å². The molecule has 0 unspecified atom stereocenters. The van der Waals surface area contributed by atoms with Gasteiger partial charge in [-0.25, -0.2) is 4.98 Å². The Morgan fingerprint density at radius 2 is 1.76 bits per heavy atom. The maximum absolute atomic E-state index is 11.9. The maximum atomic E-state index is 11.9. The van der Waals surface area contributed by atoms with Gasteiger partial charge < -0.3 is 30.6 Å². The molecule has 2 saturated carbocycles. The van der Waals surface area contributed by atoms with E-state index < -0.39 is 11.7 Å². The first-order valence-corrected chi connectivity index (χ1v) is 10.6. The smallest absolute Gasteiger partial charge is 0.254 e. The molecule has 1 amide bonds. The first-order chi connectivity index (χ1) is 14.1. The summed E-state index contributed by atoms with van der Waals surface area (Å²) in [4.78, 5) is 20.8. The summed E-state index contributed by atoms with van der Waals surface area (Å²) in [7, 11) is 1.76. The molecular weight excluding hydrogens is 374 g/mol. The molecule has 4 N–H and O–H groups in total. The van der Waals surface area contributed by atoms with Crippen LogP contribution in [0.3, 0.4) is 0 Å². The predicted molar refractivity (Wildman–Crippen MR) is 108 cm³/mol. The molecule has 4 rings (SSSR count). The Hall–Kier alpha value is -1.97. The van der Waals surface area contributed by atoms with Gasteiger partial charge in [-0.15, -0.1) is 0 Å². The Labute approximate surface area is 171 Å². The summed E-state index contributed by atoms with van der Waals surface area (Å²) in [5.74, 6) is 0.0710. The number of ether oxygens (including phenoxy) is 3. The highest BCUT2D eigenvalue weighted by Crippen LogP contribution is 2.36. The molecule has 3 aliphatic rings. The molecule has 1 spiro atoms. The zero-order valence-electron chi connectivity index (χ0n) is 17.0. The number of rotatable bonds is 6. The second-order valence-corrected chi connectivity index (χ2v) is 8.20. The summed E-state index contributed by atoms with van der Waals surface area (Å²) in [5, 5.41) is 6.81. The fourth-order valence-corrected chi connectivity index (χ4v) is 4.55. The minimum absolute atomic E-state index is 0.186. The average molecular weight is 405 g/mol. The SMILES string of the molecule is CO[C@H]1CC[C@H](Nc2ncc(C(N)=O)c(NC3CCC4(CC3)OCCO4)n2)CC1. The molecule has 1 saturated heterocycles. The molecule has 0 atom stereocenters. The van der Waals surface area contributed by atoms with Gasteiger partial charge in [0.25, 0.3) is 5.91 Å². The number of methoxy groups -OCH3 is 1. The van der Waals surface area contributed by atoms with E-state index in [4.69, 9.17) is 19.9 Å². The average Bonchev–Trinajstić information content (AvgIpc) is 3.18. The number of anilines is 2. The summed E-state index contributed by atoms with van der Waals surface area (Å²) in [6.07, 6.45) is 9.32. The van der Waals surface area contributed by atoms with Crippen LogP contribution in [0.5, 0.6) is 0 Å². The second kappa shape index (κ2) is 8.81. The van der Waals surface area contributed by atoms with Crippen LogP contribution in [0.1, 0.15) is 61.7 Å². The fraction of sp³-hybridized carbons (Fsp3) is 0.750. The standard InChI is InChI=1S/C20H31N5O4/c1-27-15-4-2-13(3-5-15)24-19-22-12-16(17(21)26)18(25-19)23-14-6-8-20(9-7-14)28-10-11-29-20/h12-15H,2-11H2,1H3,(H2,21,26)(H2,22,23,24,25)/t13-,15-. The highest BCUT2D eigenvalue weighted by atomic mass is 16.7. The van der Waals surface area contributed by atoms with Crippen molar-refractivity contribution in [3.05, 3.63) is 11.8 Å². The van der Waals surface area contributed by atoms with E-state index in [0.717, 1.165) is 51.4 Å². The van der Waals surface area contributed by atoms with E-state index in [1.165, 1.54) is 6.20 Å². The summed E-state index contributed by atoms with van der Waals surface area (Å²) >= 11 is 0. The minimum Gasteiger partial charge on any atom is -0.381 e. The number of hydrogen-bond donors (Lipinski definition) is 3. The zero-order valence-corrected chi connectivity index (χ0v) is 17.0. The Balaban J connectivity index is 1.40. The molecule has 1 aliphatic heterocycles. The van der Waals surface area contributed by atoms with Crippen LogP contribution in [0.2, 0.25) is 0 Å². The van der Waals surface area contributed by atoms with Crippen LogP contribution in [0.25, 0.3) is 0 Å². The van der Waals surface area contributed by atoms with Gasteiger partial charge in [-0.1, -0.05) is 0 Å². The van der Waals surface area contributed by atoms with Crippen molar-refractivity contribution in [1.29, 1.82) is 0 Å². The van der Waals surface area contributed by atoms with Crippen molar-refractivity contribution in [3.63, 3.8) is 0 Å². The Morgan fingerprint density at radius 1 is 1.10 bits per heavy atom. The van der Waals surface area contributed by atoms with Crippen LogP contribution in [-0.2, 0) is 14.2 Å². The molecular formula is C20H31N5O4. The van der Waals surface area contributed by atoms with Gasteiger partial charge in [0.05, 0.1) is 24.9 Å². The molecule has 2 heterocycles. The Kier molecular flexibility index (Phi) is 6.17. The summed E-state index contributed by atoms with van der Waals surface area (Å²) in [6.45, 7) is 1.33. The van der Waals surface area contributed by atoms with Crippen molar-refractivity contribution < 1.29 is 19.0 Å².